The van der Waals surface area contributed by atoms with Gasteiger partial charge in [-0.3, -0.25) is 4.79 Å². The molecule has 5 heteroatoms. The molecule has 0 bridgehead atoms. The zero-order valence-electron chi connectivity index (χ0n) is 16.4. The molecule has 0 atom stereocenters. The van der Waals surface area contributed by atoms with Crippen LogP contribution in [0.1, 0.15) is 42.1 Å². The number of carbonyl (C=O) groups excluding carboxylic acids is 1. The van der Waals surface area contributed by atoms with Crippen LogP contribution in [0.3, 0.4) is 0 Å². The summed E-state index contributed by atoms with van der Waals surface area (Å²) in [6.07, 6.45) is 7.95. The third-order valence-corrected chi connectivity index (χ3v) is 4.78. The Kier molecular flexibility index (Phi) is 6.69. The average Bonchev–Trinajstić information content (AvgIpc) is 2.72. The lowest BCUT2D eigenvalue weighted by molar-refractivity contribution is 0.112. The molecule has 0 amide bonds. The van der Waals surface area contributed by atoms with E-state index in [0.717, 1.165) is 13.0 Å². The van der Waals surface area contributed by atoms with Crippen LogP contribution in [0.25, 0.3) is 17.2 Å². The lowest BCUT2D eigenvalue weighted by atomic mass is 9.98. The molecule has 0 saturated carbocycles. The molecule has 3 rings (SSSR count). The molecule has 0 fully saturated rings. The topological polar surface area (TPSA) is 38.8 Å². The Labute approximate surface area is 165 Å². The smallest absolute Gasteiger partial charge is 0.161 e. The van der Waals surface area contributed by atoms with Crippen LogP contribution in [0.4, 0.5) is 4.39 Å². The predicted octanol–water partition coefficient (Wildman–Crippen LogP) is 5.17. The number of halogens is 1. The second-order valence-corrected chi connectivity index (χ2v) is 6.94. The van der Waals surface area contributed by atoms with Crippen LogP contribution >= 0.6 is 0 Å². The maximum atomic E-state index is 14.7. The molecule has 0 spiro atoms. The monoisotopic (exact) mass is 383 g/mol. The van der Waals surface area contributed by atoms with Gasteiger partial charge in [-0.05, 0) is 54.1 Å². The number of hydrogen-bond acceptors (Lipinski definition) is 4. The molecule has 1 aliphatic rings. The highest BCUT2D eigenvalue weighted by Gasteiger charge is 2.15. The number of fused-ring (bicyclic) bond motifs is 1. The van der Waals surface area contributed by atoms with E-state index < -0.39 is 5.82 Å². The lowest BCUT2D eigenvalue weighted by Gasteiger charge is -2.19. The Balaban J connectivity index is 1.89. The Bertz CT molecular complexity index is 863. The van der Waals surface area contributed by atoms with Crippen molar-refractivity contribution < 1.29 is 18.7 Å². The fourth-order valence-corrected chi connectivity index (χ4v) is 3.18. The average molecular weight is 383 g/mol. The molecule has 4 nitrogen and oxygen atoms in total. The van der Waals surface area contributed by atoms with Crippen LogP contribution in [0.2, 0.25) is 0 Å². The van der Waals surface area contributed by atoms with Gasteiger partial charge in [0.05, 0.1) is 0 Å². The van der Waals surface area contributed by atoms with Crippen LogP contribution < -0.4 is 9.47 Å². The summed E-state index contributed by atoms with van der Waals surface area (Å²) in [7, 11) is 2.00. The second-order valence-electron chi connectivity index (χ2n) is 6.94. The van der Waals surface area contributed by atoms with Crippen molar-refractivity contribution in [1.29, 1.82) is 0 Å². The summed E-state index contributed by atoms with van der Waals surface area (Å²) in [4.78, 5) is 13.5. The first-order valence-electron chi connectivity index (χ1n) is 9.69. The SMILES string of the molecule is CCCCCN(C)/C=C\c1cc(-c2ccc3c(c2)OCCO3)c(F)cc1C=O. The highest BCUT2D eigenvalue weighted by Crippen LogP contribution is 2.36. The molecule has 2 aromatic rings. The molecule has 1 heterocycles. The van der Waals surface area contributed by atoms with Crippen LogP contribution in [0.5, 0.6) is 11.5 Å². The van der Waals surface area contributed by atoms with Crippen molar-refractivity contribution >= 4 is 12.4 Å². The van der Waals surface area contributed by atoms with E-state index in [0.29, 0.717) is 53.3 Å². The first-order valence-corrected chi connectivity index (χ1v) is 9.69. The van der Waals surface area contributed by atoms with Crippen molar-refractivity contribution in [2.45, 2.75) is 26.2 Å². The number of rotatable bonds is 8. The summed E-state index contributed by atoms with van der Waals surface area (Å²) < 4.78 is 25.8. The maximum absolute atomic E-state index is 14.7. The summed E-state index contributed by atoms with van der Waals surface area (Å²) in [5, 5.41) is 0. The molecular formula is C23H26FNO3. The number of carbonyl (C=O) groups is 1. The Morgan fingerprint density at radius 1 is 1.07 bits per heavy atom. The largest absolute Gasteiger partial charge is 0.486 e. The normalized spacial score (nSPS) is 13.0. The number of aldehydes is 1. The fourth-order valence-electron chi connectivity index (χ4n) is 3.18. The van der Waals surface area contributed by atoms with Gasteiger partial charge in [0, 0.05) is 24.7 Å². The molecule has 0 saturated heterocycles. The van der Waals surface area contributed by atoms with E-state index in [1.807, 2.05) is 19.3 Å². The van der Waals surface area contributed by atoms with Gasteiger partial charge in [-0.25, -0.2) is 4.39 Å². The lowest BCUT2D eigenvalue weighted by Crippen LogP contribution is -2.15. The summed E-state index contributed by atoms with van der Waals surface area (Å²) in [6.45, 7) is 4.10. The minimum absolute atomic E-state index is 0.331. The highest BCUT2D eigenvalue weighted by molar-refractivity contribution is 5.84. The van der Waals surface area contributed by atoms with Crippen LogP contribution in [-0.2, 0) is 0 Å². The Morgan fingerprint density at radius 3 is 2.61 bits per heavy atom. The number of hydrogen-bond donors (Lipinski definition) is 0. The van der Waals surface area contributed by atoms with Crippen molar-refractivity contribution in [3.63, 3.8) is 0 Å². The number of ether oxygens (including phenoxy) is 2. The van der Waals surface area contributed by atoms with Gasteiger partial charge in [-0.1, -0.05) is 25.8 Å². The van der Waals surface area contributed by atoms with E-state index in [1.54, 1.807) is 24.3 Å². The van der Waals surface area contributed by atoms with Gasteiger partial charge in [-0.15, -0.1) is 0 Å². The van der Waals surface area contributed by atoms with Gasteiger partial charge in [0.15, 0.2) is 17.8 Å². The molecule has 1 aliphatic heterocycles. The van der Waals surface area contributed by atoms with Crippen LogP contribution in [0, 0.1) is 5.82 Å². The van der Waals surface area contributed by atoms with Crippen molar-refractivity contribution in [2.24, 2.45) is 0 Å². The number of unbranched alkanes of at least 4 members (excludes halogenated alkanes) is 2. The summed E-state index contributed by atoms with van der Waals surface area (Å²) in [6, 6.07) is 8.36. The van der Waals surface area contributed by atoms with Crippen molar-refractivity contribution in [2.75, 3.05) is 26.8 Å². The molecule has 28 heavy (non-hydrogen) atoms. The molecule has 0 radical (unpaired) electrons. The standard InChI is InChI=1S/C23H26FNO3/c1-3-4-5-9-25(2)10-8-17-13-20(21(24)14-19(17)16-26)18-6-7-22-23(15-18)28-12-11-27-22/h6-8,10,13-16H,3-5,9,11-12H2,1-2H3/b10-8-. The first-order chi connectivity index (χ1) is 13.6. The van der Waals surface area contributed by atoms with E-state index >= 15 is 0 Å². The van der Waals surface area contributed by atoms with E-state index in [9.17, 15) is 9.18 Å². The van der Waals surface area contributed by atoms with E-state index in [2.05, 4.69) is 11.8 Å². The van der Waals surface area contributed by atoms with Gasteiger partial charge in [-0.2, -0.15) is 0 Å². The van der Waals surface area contributed by atoms with Crippen LogP contribution in [0.15, 0.2) is 36.5 Å². The zero-order valence-corrected chi connectivity index (χ0v) is 16.4. The van der Waals surface area contributed by atoms with Crippen molar-refractivity contribution in [1.82, 2.24) is 4.90 Å². The quantitative estimate of drug-likeness (QED) is 0.466. The minimum Gasteiger partial charge on any atom is -0.486 e. The van der Waals surface area contributed by atoms with E-state index in [-0.39, 0.29) is 0 Å². The van der Waals surface area contributed by atoms with Gasteiger partial charge < -0.3 is 14.4 Å². The minimum atomic E-state index is -0.438. The summed E-state index contributed by atoms with van der Waals surface area (Å²) >= 11 is 0. The summed E-state index contributed by atoms with van der Waals surface area (Å²) in [5.74, 6) is 0.830. The zero-order chi connectivity index (χ0) is 19.9. The van der Waals surface area contributed by atoms with E-state index in [1.165, 1.54) is 18.9 Å². The molecule has 2 aromatic carbocycles. The maximum Gasteiger partial charge on any atom is 0.161 e. The number of benzene rings is 2. The molecular weight excluding hydrogens is 357 g/mol. The van der Waals surface area contributed by atoms with Gasteiger partial charge in [0.2, 0.25) is 0 Å². The van der Waals surface area contributed by atoms with Gasteiger partial charge in [0.25, 0.3) is 0 Å². The predicted molar refractivity (Wildman–Crippen MR) is 109 cm³/mol. The summed E-state index contributed by atoms with van der Waals surface area (Å²) in [5.41, 5.74) is 2.13. The van der Waals surface area contributed by atoms with Gasteiger partial charge in [0.1, 0.15) is 19.0 Å². The first kappa shape index (κ1) is 19.9. The van der Waals surface area contributed by atoms with Crippen molar-refractivity contribution in [3.05, 3.63) is 53.5 Å². The third kappa shape index (κ3) is 4.71. The van der Waals surface area contributed by atoms with Gasteiger partial charge >= 0.3 is 0 Å². The van der Waals surface area contributed by atoms with E-state index in [4.69, 9.17) is 9.47 Å². The molecule has 0 aromatic heterocycles. The fraction of sp³-hybridized carbons (Fsp3) is 0.348. The molecule has 0 N–H and O–H groups in total. The van der Waals surface area contributed by atoms with Crippen LogP contribution in [-0.4, -0.2) is 38.0 Å². The molecule has 0 unspecified atom stereocenters. The molecule has 148 valence electrons. The van der Waals surface area contributed by atoms with Crippen molar-refractivity contribution in [3.8, 4) is 22.6 Å². The highest BCUT2D eigenvalue weighted by atomic mass is 19.1. The molecule has 0 aliphatic carbocycles. The Morgan fingerprint density at radius 2 is 1.86 bits per heavy atom. The third-order valence-electron chi connectivity index (χ3n) is 4.78. The Hall–Kier alpha value is -2.82. The number of nitrogens with zero attached hydrogens (tertiary/aromatic N) is 1. The second kappa shape index (κ2) is 9.40.